The van der Waals surface area contributed by atoms with E-state index in [1.54, 1.807) is 0 Å². The molecule has 6 heteroatoms. The summed E-state index contributed by atoms with van der Waals surface area (Å²) in [5, 5.41) is 0. The minimum atomic E-state index is -3.87. The molecule has 0 heterocycles. The van der Waals surface area contributed by atoms with Gasteiger partial charge in [0.1, 0.15) is 6.61 Å². The third-order valence-electron chi connectivity index (χ3n) is 4.08. The molecular weight excluding hydrogens is 363 g/mol. The van der Waals surface area contributed by atoms with Crippen LogP contribution in [0.5, 0.6) is 0 Å². The second-order valence-corrected chi connectivity index (χ2v) is 8.36. The number of benzene rings is 2. The van der Waals surface area contributed by atoms with E-state index >= 15 is 0 Å². The third-order valence-corrected chi connectivity index (χ3v) is 5.54. The van der Waals surface area contributed by atoms with Crippen molar-refractivity contribution in [1.29, 1.82) is 0 Å². The van der Waals surface area contributed by atoms with Crippen LogP contribution in [0.1, 0.15) is 37.3 Å². The Labute approximate surface area is 160 Å². The van der Waals surface area contributed by atoms with Gasteiger partial charge in [0.15, 0.2) is 6.10 Å². The van der Waals surface area contributed by atoms with Crippen molar-refractivity contribution in [3.8, 4) is 0 Å². The van der Waals surface area contributed by atoms with Gasteiger partial charge in [-0.25, -0.2) is 4.79 Å². The third kappa shape index (κ3) is 8.08. The molecule has 0 saturated heterocycles. The van der Waals surface area contributed by atoms with Gasteiger partial charge in [-0.05, 0) is 30.4 Å². The van der Waals surface area contributed by atoms with Crippen LogP contribution in [0.3, 0.4) is 0 Å². The number of carbonyl (C=O) groups excluding carboxylic acids is 1. The van der Waals surface area contributed by atoms with E-state index in [0.717, 1.165) is 11.1 Å². The van der Waals surface area contributed by atoms with E-state index in [0.29, 0.717) is 25.7 Å². The van der Waals surface area contributed by atoms with Crippen LogP contribution in [-0.2, 0) is 31.6 Å². The lowest BCUT2D eigenvalue weighted by Gasteiger charge is -2.20. The van der Waals surface area contributed by atoms with Crippen LogP contribution in [0.25, 0.3) is 0 Å². The maximum atomic E-state index is 12.4. The van der Waals surface area contributed by atoms with Crippen LogP contribution >= 0.6 is 7.60 Å². The lowest BCUT2D eigenvalue weighted by molar-refractivity contribution is -0.154. The van der Waals surface area contributed by atoms with Crippen LogP contribution in [-0.4, -0.2) is 23.1 Å². The molecule has 1 N–H and O–H groups in total. The molecule has 2 atom stereocenters. The maximum absolute atomic E-state index is 12.4. The van der Waals surface area contributed by atoms with Gasteiger partial charge in [-0.15, -0.1) is 0 Å². The van der Waals surface area contributed by atoms with Crippen molar-refractivity contribution < 1.29 is 23.5 Å². The van der Waals surface area contributed by atoms with E-state index in [9.17, 15) is 14.3 Å². The monoisotopic (exact) mass is 390 g/mol. The van der Waals surface area contributed by atoms with Gasteiger partial charge in [0.2, 0.25) is 0 Å². The molecule has 2 aromatic rings. The molecule has 0 aliphatic carbocycles. The minimum absolute atomic E-state index is 0.00801. The second kappa shape index (κ2) is 11.0. The fourth-order valence-corrected chi connectivity index (χ4v) is 3.93. The summed E-state index contributed by atoms with van der Waals surface area (Å²) < 4.78 is 23.0. The predicted molar refractivity (Wildman–Crippen MR) is 105 cm³/mol. The van der Waals surface area contributed by atoms with Crippen molar-refractivity contribution in [2.24, 2.45) is 0 Å². The van der Waals surface area contributed by atoms with Gasteiger partial charge in [-0.2, -0.15) is 0 Å². The lowest BCUT2D eigenvalue weighted by Crippen LogP contribution is -2.26. The molecule has 2 rings (SSSR count). The quantitative estimate of drug-likeness (QED) is 0.443. The maximum Gasteiger partial charge on any atom is 0.336 e. The summed E-state index contributed by atoms with van der Waals surface area (Å²) in [7, 11) is -3.87. The van der Waals surface area contributed by atoms with E-state index in [4.69, 9.17) is 9.26 Å². The largest absolute Gasteiger partial charge is 0.459 e. The molecule has 2 aromatic carbocycles. The summed E-state index contributed by atoms with van der Waals surface area (Å²) in [5.41, 5.74) is 1.96. The number of hydrogen-bond acceptors (Lipinski definition) is 4. The van der Waals surface area contributed by atoms with Crippen molar-refractivity contribution in [2.75, 3.05) is 6.16 Å². The first-order valence-corrected chi connectivity index (χ1v) is 11.0. The van der Waals surface area contributed by atoms with Gasteiger partial charge in [-0.3, -0.25) is 9.09 Å². The van der Waals surface area contributed by atoms with Crippen LogP contribution < -0.4 is 0 Å². The van der Waals surface area contributed by atoms with Gasteiger partial charge >= 0.3 is 13.6 Å². The van der Waals surface area contributed by atoms with Crippen LogP contribution in [0.2, 0.25) is 0 Å². The SMILES string of the molecule is CCC[C@@H](OP(=O)(O)CCCc1ccccc1)C(=O)OCc1ccccc1. The zero-order valence-electron chi connectivity index (χ0n) is 15.6. The van der Waals surface area contributed by atoms with Crippen LogP contribution in [0.15, 0.2) is 60.7 Å². The van der Waals surface area contributed by atoms with Gasteiger partial charge in [0.05, 0.1) is 6.16 Å². The normalized spacial score (nSPS) is 14.3. The Bertz CT molecular complexity index is 733. The Balaban J connectivity index is 1.84. The summed E-state index contributed by atoms with van der Waals surface area (Å²) in [6.07, 6.45) is 1.17. The molecule has 0 fully saturated rings. The molecule has 0 spiro atoms. The number of carbonyl (C=O) groups is 1. The van der Waals surface area contributed by atoms with Crippen molar-refractivity contribution in [3.05, 3.63) is 71.8 Å². The molecule has 0 aliphatic rings. The molecule has 0 saturated carbocycles. The Kier molecular flexibility index (Phi) is 8.73. The average molecular weight is 390 g/mol. The summed E-state index contributed by atoms with van der Waals surface area (Å²) in [6, 6.07) is 19.1. The van der Waals surface area contributed by atoms with Gasteiger partial charge in [0.25, 0.3) is 0 Å². The van der Waals surface area contributed by atoms with Crippen molar-refractivity contribution in [2.45, 2.75) is 45.3 Å². The highest BCUT2D eigenvalue weighted by Crippen LogP contribution is 2.45. The highest BCUT2D eigenvalue weighted by atomic mass is 31.2. The Hall–Kier alpha value is -1.94. The zero-order chi connectivity index (χ0) is 19.5. The van der Waals surface area contributed by atoms with Gasteiger partial charge in [-0.1, -0.05) is 74.0 Å². The molecule has 0 bridgehead atoms. The van der Waals surface area contributed by atoms with Crippen LogP contribution in [0, 0.1) is 0 Å². The Morgan fingerprint density at radius 3 is 2.22 bits per heavy atom. The first kappa shape index (κ1) is 21.4. The van der Waals surface area contributed by atoms with Crippen LogP contribution in [0.4, 0.5) is 0 Å². The molecule has 0 aromatic heterocycles. The number of ether oxygens (including phenoxy) is 1. The number of hydrogen-bond donors (Lipinski definition) is 1. The molecule has 27 heavy (non-hydrogen) atoms. The second-order valence-electron chi connectivity index (χ2n) is 6.43. The smallest absolute Gasteiger partial charge is 0.336 e. The first-order valence-electron chi connectivity index (χ1n) is 9.25. The number of rotatable bonds is 11. The Morgan fingerprint density at radius 1 is 1.04 bits per heavy atom. The Morgan fingerprint density at radius 2 is 1.63 bits per heavy atom. The first-order chi connectivity index (χ1) is 13.0. The standard InChI is InChI=1S/C21H27O5P/c1-2-10-20(21(22)25-17-19-13-7-4-8-14-19)26-27(23,24)16-9-15-18-11-5-3-6-12-18/h3-8,11-14,20H,2,9-10,15-17H2,1H3,(H,23,24)/t20-/m1/s1. The predicted octanol–water partition coefficient (Wildman–Crippen LogP) is 4.73. The van der Waals surface area contributed by atoms with Crippen molar-refractivity contribution >= 4 is 13.6 Å². The molecule has 146 valence electrons. The fraction of sp³-hybridized carbons (Fsp3) is 0.381. The minimum Gasteiger partial charge on any atom is -0.459 e. The van der Waals surface area contributed by atoms with E-state index < -0.39 is 19.7 Å². The van der Waals surface area contributed by atoms with E-state index in [-0.39, 0.29) is 12.8 Å². The van der Waals surface area contributed by atoms with E-state index in [1.165, 1.54) is 0 Å². The molecular formula is C21H27O5P. The molecule has 0 radical (unpaired) electrons. The number of esters is 1. The number of aryl methyl sites for hydroxylation is 1. The molecule has 5 nitrogen and oxygen atoms in total. The molecule has 1 unspecified atom stereocenters. The summed E-state index contributed by atoms with van der Waals surface area (Å²) in [5.74, 6) is -0.599. The summed E-state index contributed by atoms with van der Waals surface area (Å²) in [6.45, 7) is 2.01. The van der Waals surface area contributed by atoms with Crippen molar-refractivity contribution in [3.63, 3.8) is 0 Å². The lowest BCUT2D eigenvalue weighted by atomic mass is 10.1. The van der Waals surface area contributed by atoms with Gasteiger partial charge < -0.3 is 9.63 Å². The topological polar surface area (TPSA) is 72.8 Å². The van der Waals surface area contributed by atoms with E-state index in [2.05, 4.69) is 0 Å². The fourth-order valence-electron chi connectivity index (χ4n) is 2.68. The zero-order valence-corrected chi connectivity index (χ0v) is 16.5. The van der Waals surface area contributed by atoms with Crippen molar-refractivity contribution in [1.82, 2.24) is 0 Å². The average Bonchev–Trinajstić information content (AvgIpc) is 2.67. The van der Waals surface area contributed by atoms with E-state index in [1.807, 2.05) is 67.6 Å². The summed E-state index contributed by atoms with van der Waals surface area (Å²) >= 11 is 0. The highest BCUT2D eigenvalue weighted by Gasteiger charge is 2.30. The molecule has 0 amide bonds. The molecule has 0 aliphatic heterocycles. The van der Waals surface area contributed by atoms with Gasteiger partial charge in [0, 0.05) is 0 Å². The summed E-state index contributed by atoms with van der Waals surface area (Å²) in [4.78, 5) is 22.4. The highest BCUT2D eigenvalue weighted by molar-refractivity contribution is 7.52.